The molecule has 0 fully saturated rings. The number of aliphatic hydroxyl groups excluding tert-OH is 1. The number of aromatic nitrogens is 2. The number of halogens is 2. The van der Waals surface area contributed by atoms with Crippen LogP contribution < -0.4 is 4.74 Å². The van der Waals surface area contributed by atoms with Gasteiger partial charge in [-0.25, -0.2) is 18.7 Å². The van der Waals surface area contributed by atoms with Gasteiger partial charge < -0.3 is 9.84 Å². The summed E-state index contributed by atoms with van der Waals surface area (Å²) in [6, 6.07) is 10.5. The second-order valence-corrected chi connectivity index (χ2v) is 7.44. The number of benzene rings is 2. The topological polar surface area (TPSA) is 55.2 Å². The molecular weight excluding hydrogens is 410 g/mol. The van der Waals surface area contributed by atoms with Crippen LogP contribution in [0.1, 0.15) is 31.7 Å². The van der Waals surface area contributed by atoms with Crippen LogP contribution in [-0.4, -0.2) is 27.8 Å². The van der Waals surface area contributed by atoms with Crippen LogP contribution >= 0.6 is 0 Å². The zero-order valence-corrected chi connectivity index (χ0v) is 18.0. The number of unbranched alkanes of at least 4 members (excludes halogenated alkanes) is 1. The number of hydrogen-bond donors (Lipinski definition) is 1. The molecule has 1 heterocycles. The molecule has 0 spiro atoms. The van der Waals surface area contributed by atoms with Crippen LogP contribution in [0.3, 0.4) is 0 Å². The van der Waals surface area contributed by atoms with Crippen LogP contribution in [0.5, 0.6) is 6.01 Å². The van der Waals surface area contributed by atoms with Gasteiger partial charge in [0.2, 0.25) is 0 Å². The van der Waals surface area contributed by atoms with E-state index in [9.17, 15) is 13.9 Å². The number of ether oxygens (including phenoxy) is 1. The van der Waals surface area contributed by atoms with E-state index in [-0.39, 0.29) is 23.2 Å². The minimum Gasteiger partial charge on any atom is -0.459 e. The van der Waals surface area contributed by atoms with E-state index in [0.717, 1.165) is 17.5 Å². The van der Waals surface area contributed by atoms with Gasteiger partial charge in [-0.3, -0.25) is 0 Å². The second-order valence-electron chi connectivity index (χ2n) is 7.44. The summed E-state index contributed by atoms with van der Waals surface area (Å²) in [7, 11) is 0. The molecule has 0 amide bonds. The van der Waals surface area contributed by atoms with Crippen molar-refractivity contribution >= 4 is 6.08 Å². The Kier molecular flexibility index (Phi) is 8.22. The highest BCUT2D eigenvalue weighted by Crippen LogP contribution is 2.29. The molecule has 0 radical (unpaired) electrons. The second kappa shape index (κ2) is 11.3. The third kappa shape index (κ3) is 6.08. The van der Waals surface area contributed by atoms with Gasteiger partial charge in [0.25, 0.3) is 0 Å². The Labute approximate surface area is 186 Å². The van der Waals surface area contributed by atoms with Crippen LogP contribution in [0.25, 0.3) is 28.3 Å². The smallest absolute Gasteiger partial charge is 0.316 e. The molecule has 6 heteroatoms. The Morgan fingerprint density at radius 1 is 1.00 bits per heavy atom. The largest absolute Gasteiger partial charge is 0.459 e. The van der Waals surface area contributed by atoms with Crippen LogP contribution in [0, 0.1) is 11.6 Å². The van der Waals surface area contributed by atoms with Crippen LogP contribution in [0.15, 0.2) is 67.5 Å². The Hall–Kier alpha value is -3.38. The van der Waals surface area contributed by atoms with Crippen molar-refractivity contribution in [3.63, 3.8) is 0 Å². The summed E-state index contributed by atoms with van der Waals surface area (Å²) < 4.78 is 34.5. The first-order valence-electron chi connectivity index (χ1n) is 10.5. The van der Waals surface area contributed by atoms with Crippen molar-refractivity contribution in [2.75, 3.05) is 6.61 Å². The molecule has 0 aliphatic heterocycles. The monoisotopic (exact) mass is 436 g/mol. The Morgan fingerprint density at radius 3 is 2.34 bits per heavy atom. The minimum atomic E-state index is -0.879. The zero-order valence-electron chi connectivity index (χ0n) is 18.0. The van der Waals surface area contributed by atoms with Crippen molar-refractivity contribution in [1.82, 2.24) is 9.97 Å². The fraction of sp³-hybridized carbons (Fsp3) is 0.231. The van der Waals surface area contributed by atoms with E-state index < -0.39 is 11.6 Å². The van der Waals surface area contributed by atoms with Gasteiger partial charge in [-0.05, 0) is 37.3 Å². The molecule has 3 rings (SSSR count). The lowest BCUT2D eigenvalue weighted by Gasteiger charge is -2.08. The first kappa shape index (κ1) is 23.3. The molecule has 1 atom stereocenters. The van der Waals surface area contributed by atoms with Gasteiger partial charge in [-0.1, -0.05) is 61.2 Å². The predicted molar refractivity (Wildman–Crippen MR) is 123 cm³/mol. The fourth-order valence-electron chi connectivity index (χ4n) is 3.17. The van der Waals surface area contributed by atoms with Gasteiger partial charge in [0.15, 0.2) is 11.6 Å². The predicted octanol–water partition coefficient (Wildman–Crippen LogP) is 6.22. The lowest BCUT2D eigenvalue weighted by atomic mass is 9.99. The Morgan fingerprint density at radius 2 is 1.69 bits per heavy atom. The normalized spacial score (nSPS) is 12.1. The number of nitrogens with zero attached hydrogens (tertiary/aromatic N) is 2. The van der Waals surface area contributed by atoms with Gasteiger partial charge in [-0.2, -0.15) is 0 Å². The van der Waals surface area contributed by atoms with Crippen molar-refractivity contribution in [2.24, 2.45) is 0 Å². The maximum absolute atomic E-state index is 14.7. The van der Waals surface area contributed by atoms with E-state index in [1.54, 1.807) is 61.8 Å². The zero-order chi connectivity index (χ0) is 22.9. The molecule has 0 bridgehead atoms. The Balaban J connectivity index is 1.72. The lowest BCUT2D eigenvalue weighted by molar-refractivity contribution is 0.182. The molecule has 32 heavy (non-hydrogen) atoms. The summed E-state index contributed by atoms with van der Waals surface area (Å²) in [6.45, 7) is 5.63. The molecule has 2 aromatic carbocycles. The van der Waals surface area contributed by atoms with Crippen molar-refractivity contribution < 1.29 is 18.6 Å². The number of hydrogen-bond acceptors (Lipinski definition) is 4. The quantitative estimate of drug-likeness (QED) is 0.303. The number of rotatable bonds is 10. The van der Waals surface area contributed by atoms with Crippen molar-refractivity contribution in [1.29, 1.82) is 0 Å². The van der Waals surface area contributed by atoms with Crippen LogP contribution in [0.2, 0.25) is 0 Å². The average molecular weight is 437 g/mol. The maximum atomic E-state index is 14.7. The summed E-state index contributed by atoms with van der Waals surface area (Å²) in [4.78, 5) is 8.29. The molecule has 1 aromatic heterocycles. The molecule has 0 aliphatic rings. The van der Waals surface area contributed by atoms with E-state index >= 15 is 0 Å². The van der Waals surface area contributed by atoms with Crippen molar-refractivity contribution in [2.45, 2.75) is 32.3 Å². The van der Waals surface area contributed by atoms with E-state index in [2.05, 4.69) is 16.5 Å². The summed E-state index contributed by atoms with van der Waals surface area (Å²) in [5, 5.41) is 9.26. The van der Waals surface area contributed by atoms with Crippen molar-refractivity contribution in [3.8, 4) is 28.3 Å². The molecule has 1 unspecified atom stereocenters. The average Bonchev–Trinajstić information content (AvgIpc) is 2.80. The molecular formula is C26H26F2N2O2. The summed E-state index contributed by atoms with van der Waals surface area (Å²) in [5.74, 6) is -1.75. The molecule has 3 aromatic rings. The highest BCUT2D eigenvalue weighted by Gasteiger charge is 2.13. The van der Waals surface area contributed by atoms with Gasteiger partial charge in [0, 0.05) is 29.1 Å². The first-order valence-corrected chi connectivity index (χ1v) is 10.5. The number of allylic oxidation sites excluding steroid dienone is 1. The standard InChI is InChI=1S/C26H26F2N2O2/c1-3-15-32-26-29-16-22(17-30-26)19-9-11-20(12-10-19)23-14-13-21(24(27)25(23)28)8-6-4-5-7-18(2)31/h3,6,8-14,16-18,31H,1,4-5,7,15H2,2H3. The highest BCUT2D eigenvalue weighted by atomic mass is 19.2. The molecule has 166 valence electrons. The lowest BCUT2D eigenvalue weighted by Crippen LogP contribution is -1.98. The minimum absolute atomic E-state index is 0.199. The van der Waals surface area contributed by atoms with Gasteiger partial charge in [0.1, 0.15) is 6.61 Å². The summed E-state index contributed by atoms with van der Waals surface area (Å²) in [6.07, 6.45) is 10.1. The van der Waals surface area contributed by atoms with Gasteiger partial charge in [0.05, 0.1) is 6.10 Å². The molecule has 0 saturated carbocycles. The summed E-state index contributed by atoms with van der Waals surface area (Å²) >= 11 is 0. The van der Waals surface area contributed by atoms with E-state index in [1.165, 1.54) is 0 Å². The third-order valence-corrected chi connectivity index (χ3v) is 4.89. The fourth-order valence-corrected chi connectivity index (χ4v) is 3.17. The van der Waals surface area contributed by atoms with Gasteiger partial charge >= 0.3 is 6.01 Å². The van der Waals surface area contributed by atoms with Crippen molar-refractivity contribution in [3.05, 3.63) is 84.7 Å². The van der Waals surface area contributed by atoms with Gasteiger partial charge in [-0.15, -0.1) is 0 Å². The van der Waals surface area contributed by atoms with Crippen LogP contribution in [-0.2, 0) is 0 Å². The molecule has 0 saturated heterocycles. The highest BCUT2D eigenvalue weighted by molar-refractivity contribution is 5.71. The first-order chi connectivity index (χ1) is 15.5. The van der Waals surface area contributed by atoms with E-state index in [0.29, 0.717) is 25.0 Å². The third-order valence-electron chi connectivity index (χ3n) is 4.89. The summed E-state index contributed by atoms with van der Waals surface area (Å²) in [5.41, 5.74) is 2.61. The molecule has 4 nitrogen and oxygen atoms in total. The number of aliphatic hydroxyl groups is 1. The van der Waals surface area contributed by atoms with Crippen LogP contribution in [0.4, 0.5) is 8.78 Å². The molecule has 1 N–H and O–H groups in total. The maximum Gasteiger partial charge on any atom is 0.316 e. The SMILES string of the molecule is C=CCOc1ncc(-c2ccc(-c3ccc(C=CCCCC(C)O)c(F)c3F)cc2)cn1. The van der Waals surface area contributed by atoms with E-state index in [1.807, 2.05) is 12.1 Å². The molecule has 0 aliphatic carbocycles. The Bertz CT molecular complexity index is 1060. The van der Waals surface area contributed by atoms with E-state index in [4.69, 9.17) is 4.74 Å².